The molecule has 0 unspecified atom stereocenters. The van der Waals surface area contributed by atoms with Crippen LogP contribution in [0.2, 0.25) is 0 Å². The fourth-order valence-electron chi connectivity index (χ4n) is 0.829. The first kappa shape index (κ1) is 10.9. The van der Waals surface area contributed by atoms with Gasteiger partial charge in [-0.15, -0.1) is 8.98 Å². The molecule has 0 aliphatic carbocycles. The van der Waals surface area contributed by atoms with Crippen LogP contribution in [0.5, 0.6) is 0 Å². The van der Waals surface area contributed by atoms with Crippen LogP contribution in [-0.4, -0.2) is 24.0 Å². The Labute approximate surface area is 79.6 Å². The van der Waals surface area contributed by atoms with Gasteiger partial charge in [0.25, 0.3) is 0 Å². The highest BCUT2D eigenvalue weighted by molar-refractivity contribution is 7.86. The molecule has 1 heterocycles. The normalized spacial score (nSPS) is 11.9. The van der Waals surface area contributed by atoms with Crippen LogP contribution >= 0.6 is 0 Å². The summed E-state index contributed by atoms with van der Waals surface area (Å²) in [6.45, 7) is 1.39. The van der Waals surface area contributed by atoms with Crippen molar-refractivity contribution in [1.29, 1.82) is 0 Å². The molecule has 0 fully saturated rings. The van der Waals surface area contributed by atoms with Crippen molar-refractivity contribution in [2.24, 2.45) is 0 Å². The third kappa shape index (κ3) is 2.95. The van der Waals surface area contributed by atoms with Crippen LogP contribution in [0.15, 0.2) is 9.21 Å². The topological polar surface area (TPSA) is 82.2 Å². The van der Waals surface area contributed by atoms with Gasteiger partial charge >= 0.3 is 16.0 Å². The Bertz CT molecular complexity index is 460. The average molecular weight is 224 g/mol. The van der Waals surface area contributed by atoms with E-state index in [4.69, 9.17) is 0 Å². The van der Waals surface area contributed by atoms with Gasteiger partial charge in [0.15, 0.2) is 0 Å². The molecule has 0 aromatic carbocycles. The lowest BCUT2D eigenvalue weighted by atomic mass is 10.5. The Hall–Kier alpha value is -1.18. The number of halogens is 1. The zero-order valence-corrected chi connectivity index (χ0v) is 8.25. The Balaban J connectivity index is 2.77. The zero-order valence-electron chi connectivity index (χ0n) is 7.43. The molecule has 0 saturated heterocycles. The minimum absolute atomic E-state index is 0.200. The second kappa shape index (κ2) is 3.91. The van der Waals surface area contributed by atoms with Crippen LogP contribution in [0.3, 0.4) is 0 Å². The Morgan fingerprint density at radius 3 is 2.64 bits per heavy atom. The first-order valence-corrected chi connectivity index (χ1v) is 5.47. The van der Waals surface area contributed by atoms with Gasteiger partial charge in [-0.05, 0) is 0 Å². The summed E-state index contributed by atoms with van der Waals surface area (Å²) in [6, 6.07) is 0. The fourth-order valence-corrected chi connectivity index (χ4v) is 1.22. The van der Waals surface area contributed by atoms with Crippen LogP contribution < -0.4 is 5.76 Å². The van der Waals surface area contributed by atoms with Crippen LogP contribution in [0.1, 0.15) is 12.8 Å². The zero-order chi connectivity index (χ0) is 10.8. The van der Waals surface area contributed by atoms with Gasteiger partial charge in [-0.1, -0.05) is 6.92 Å². The van der Waals surface area contributed by atoms with E-state index >= 15 is 0 Å². The monoisotopic (exact) mass is 224 g/mol. The average Bonchev–Trinajstić information content (AvgIpc) is 2.42. The SMILES string of the molecule is CCc1nn(CCS(=O)(=O)F)c(=O)o1. The van der Waals surface area contributed by atoms with E-state index < -0.39 is 21.7 Å². The summed E-state index contributed by atoms with van der Waals surface area (Å²) in [5, 5.41) is 3.64. The van der Waals surface area contributed by atoms with Crippen molar-refractivity contribution in [3.8, 4) is 0 Å². The van der Waals surface area contributed by atoms with E-state index in [1.165, 1.54) is 0 Å². The third-order valence-electron chi connectivity index (χ3n) is 1.50. The molecule has 1 rings (SSSR count). The summed E-state index contributed by atoms with van der Waals surface area (Å²) < 4.78 is 37.8. The second-order valence-electron chi connectivity index (χ2n) is 2.58. The molecule has 0 radical (unpaired) electrons. The molecule has 8 heteroatoms. The molecule has 6 nitrogen and oxygen atoms in total. The molecular weight excluding hydrogens is 215 g/mol. The van der Waals surface area contributed by atoms with Crippen LogP contribution in [-0.2, 0) is 23.2 Å². The van der Waals surface area contributed by atoms with Crippen LogP contribution in [0, 0.1) is 0 Å². The summed E-state index contributed by atoms with van der Waals surface area (Å²) in [4.78, 5) is 10.9. The maximum atomic E-state index is 12.1. The van der Waals surface area contributed by atoms with Crippen LogP contribution in [0.4, 0.5) is 3.89 Å². The molecule has 0 amide bonds. The number of nitrogens with zero attached hydrogens (tertiary/aromatic N) is 2. The fraction of sp³-hybridized carbons (Fsp3) is 0.667. The van der Waals surface area contributed by atoms with Crippen molar-refractivity contribution >= 4 is 10.2 Å². The van der Waals surface area contributed by atoms with Gasteiger partial charge in [-0.3, -0.25) is 0 Å². The molecule has 0 aliphatic rings. The number of hydrogen-bond acceptors (Lipinski definition) is 5. The van der Waals surface area contributed by atoms with E-state index in [9.17, 15) is 17.1 Å². The number of hydrogen-bond donors (Lipinski definition) is 0. The van der Waals surface area contributed by atoms with E-state index in [0.29, 0.717) is 6.42 Å². The Kier molecular flexibility index (Phi) is 3.04. The van der Waals surface area contributed by atoms with Crippen molar-refractivity contribution in [3.63, 3.8) is 0 Å². The predicted octanol–water partition coefficient (Wildman–Crippen LogP) is -0.302. The smallest absolute Gasteiger partial charge is 0.392 e. The summed E-state index contributed by atoms with van der Waals surface area (Å²) >= 11 is 0. The molecular formula is C6H9FN2O4S. The number of rotatable bonds is 4. The summed E-state index contributed by atoms with van der Waals surface area (Å²) in [7, 11) is -4.58. The Morgan fingerprint density at radius 1 is 1.57 bits per heavy atom. The molecule has 0 spiro atoms. The van der Waals surface area contributed by atoms with Gasteiger partial charge in [0.05, 0.1) is 12.3 Å². The number of aryl methyl sites for hydroxylation is 2. The second-order valence-corrected chi connectivity index (χ2v) is 4.07. The van der Waals surface area contributed by atoms with E-state index in [1.807, 2.05) is 0 Å². The van der Waals surface area contributed by atoms with Gasteiger partial charge in [0.2, 0.25) is 5.89 Å². The van der Waals surface area contributed by atoms with Gasteiger partial charge in [-0.25, -0.2) is 4.79 Å². The summed E-state index contributed by atoms with van der Waals surface area (Å²) in [5.74, 6) is -1.35. The van der Waals surface area contributed by atoms with E-state index in [1.54, 1.807) is 6.92 Å². The molecule has 0 bridgehead atoms. The summed E-state index contributed by atoms with van der Waals surface area (Å²) in [5.41, 5.74) is 0. The highest BCUT2D eigenvalue weighted by Gasteiger charge is 2.11. The van der Waals surface area contributed by atoms with Gasteiger partial charge in [-0.2, -0.15) is 13.1 Å². The maximum Gasteiger partial charge on any atom is 0.437 e. The first-order chi connectivity index (χ1) is 6.42. The van der Waals surface area contributed by atoms with E-state index in [0.717, 1.165) is 4.68 Å². The third-order valence-corrected chi connectivity index (χ3v) is 2.17. The first-order valence-electron chi connectivity index (χ1n) is 3.91. The molecule has 0 atom stereocenters. The lowest BCUT2D eigenvalue weighted by Gasteiger charge is -1.93. The quantitative estimate of drug-likeness (QED) is 0.655. The minimum atomic E-state index is -4.58. The van der Waals surface area contributed by atoms with Gasteiger partial charge < -0.3 is 4.42 Å². The molecule has 1 aromatic rings. The van der Waals surface area contributed by atoms with Crippen LogP contribution in [0.25, 0.3) is 0 Å². The number of aromatic nitrogens is 2. The van der Waals surface area contributed by atoms with E-state index in [-0.39, 0.29) is 12.4 Å². The van der Waals surface area contributed by atoms with E-state index in [2.05, 4.69) is 9.52 Å². The molecule has 0 N–H and O–H groups in total. The lowest BCUT2D eigenvalue weighted by molar-refractivity contribution is 0.451. The largest absolute Gasteiger partial charge is 0.437 e. The highest BCUT2D eigenvalue weighted by Crippen LogP contribution is 1.94. The van der Waals surface area contributed by atoms with Crippen molar-refractivity contribution in [2.75, 3.05) is 5.75 Å². The highest BCUT2D eigenvalue weighted by atomic mass is 32.3. The molecule has 14 heavy (non-hydrogen) atoms. The van der Waals surface area contributed by atoms with Gasteiger partial charge in [0, 0.05) is 6.42 Å². The van der Waals surface area contributed by atoms with Crippen molar-refractivity contribution < 1.29 is 16.7 Å². The minimum Gasteiger partial charge on any atom is -0.392 e. The molecule has 1 aromatic heterocycles. The molecule has 80 valence electrons. The van der Waals surface area contributed by atoms with Crippen molar-refractivity contribution in [3.05, 3.63) is 16.4 Å². The van der Waals surface area contributed by atoms with Crippen molar-refractivity contribution in [2.45, 2.75) is 19.9 Å². The Morgan fingerprint density at radius 2 is 2.21 bits per heavy atom. The van der Waals surface area contributed by atoms with Gasteiger partial charge in [0.1, 0.15) is 0 Å². The molecule has 0 aliphatic heterocycles. The maximum absolute atomic E-state index is 12.1. The lowest BCUT2D eigenvalue weighted by Crippen LogP contribution is -2.20. The molecule has 0 saturated carbocycles. The predicted molar refractivity (Wildman–Crippen MR) is 45.0 cm³/mol. The van der Waals surface area contributed by atoms with Crippen molar-refractivity contribution in [1.82, 2.24) is 9.78 Å². The standard InChI is InChI=1S/C6H9FN2O4S/c1-2-5-8-9(6(10)13-5)3-4-14(7,11)12/h2-4H2,1H3. The summed E-state index contributed by atoms with van der Waals surface area (Å²) in [6.07, 6.45) is 0.421.